The molecule has 0 bridgehead atoms. The normalized spacial score (nSPS) is 11.4. The molecule has 0 saturated heterocycles. The predicted molar refractivity (Wildman–Crippen MR) is 105 cm³/mol. The van der Waals surface area contributed by atoms with E-state index in [2.05, 4.69) is 10.3 Å². The Kier molecular flexibility index (Phi) is 4.89. The van der Waals surface area contributed by atoms with Crippen molar-refractivity contribution in [1.82, 2.24) is 9.55 Å². The highest BCUT2D eigenvalue weighted by Gasteiger charge is 2.15. The van der Waals surface area contributed by atoms with E-state index in [1.54, 1.807) is 31.5 Å². The lowest BCUT2D eigenvalue weighted by molar-refractivity contribution is 0.102. The van der Waals surface area contributed by atoms with Gasteiger partial charge in [0.05, 0.1) is 16.9 Å². The van der Waals surface area contributed by atoms with Gasteiger partial charge in [0.2, 0.25) is 0 Å². The number of aromatic nitrogens is 2. The average molecular weight is 383 g/mol. The lowest BCUT2D eigenvalue weighted by atomic mass is 10.1. The van der Waals surface area contributed by atoms with Crippen molar-refractivity contribution in [2.75, 3.05) is 11.6 Å². The van der Waals surface area contributed by atoms with Crippen LogP contribution in [0.1, 0.15) is 27.3 Å². The minimum absolute atomic E-state index is 0.125. The van der Waals surface area contributed by atoms with E-state index in [1.165, 1.54) is 12.1 Å². The molecule has 0 aliphatic carbocycles. The maximum Gasteiger partial charge on any atom is 0.255 e. The second-order valence-corrected chi connectivity index (χ2v) is 8.55. The molecule has 0 fully saturated rings. The van der Waals surface area contributed by atoms with Gasteiger partial charge in [0.1, 0.15) is 0 Å². The van der Waals surface area contributed by atoms with Gasteiger partial charge in [0.15, 0.2) is 9.84 Å². The highest BCUT2D eigenvalue weighted by molar-refractivity contribution is 7.90. The molecule has 0 aliphatic heterocycles. The van der Waals surface area contributed by atoms with Gasteiger partial charge in [-0.3, -0.25) is 4.79 Å². The van der Waals surface area contributed by atoms with Gasteiger partial charge >= 0.3 is 0 Å². The van der Waals surface area contributed by atoms with E-state index in [4.69, 9.17) is 0 Å². The summed E-state index contributed by atoms with van der Waals surface area (Å²) >= 11 is 0. The summed E-state index contributed by atoms with van der Waals surface area (Å²) in [6.45, 7) is 5.72. The first kappa shape index (κ1) is 18.8. The molecule has 0 atom stereocenters. The second-order valence-electron chi connectivity index (χ2n) is 6.54. The van der Waals surface area contributed by atoms with Crippen molar-refractivity contribution in [2.45, 2.75) is 25.7 Å². The molecule has 2 aromatic carbocycles. The van der Waals surface area contributed by atoms with E-state index in [0.717, 1.165) is 23.3 Å². The Balaban J connectivity index is 1.84. The number of nitrogens with one attached hydrogen (secondary N) is 1. The third-order valence-electron chi connectivity index (χ3n) is 4.54. The van der Waals surface area contributed by atoms with Crippen LogP contribution in [0, 0.1) is 20.8 Å². The quantitative estimate of drug-likeness (QED) is 0.748. The van der Waals surface area contributed by atoms with Crippen LogP contribution >= 0.6 is 0 Å². The zero-order chi connectivity index (χ0) is 19.8. The van der Waals surface area contributed by atoms with Gasteiger partial charge < -0.3 is 9.88 Å². The second kappa shape index (κ2) is 7.00. The molecule has 0 spiro atoms. The smallest absolute Gasteiger partial charge is 0.255 e. The topological polar surface area (TPSA) is 81.1 Å². The van der Waals surface area contributed by atoms with E-state index in [-0.39, 0.29) is 10.8 Å². The Bertz CT molecular complexity index is 1110. The fraction of sp³-hybridized carbons (Fsp3) is 0.200. The number of hydrogen-bond donors (Lipinski definition) is 1. The molecule has 1 aromatic heterocycles. The number of hydrogen-bond acceptors (Lipinski definition) is 4. The first-order valence-electron chi connectivity index (χ1n) is 8.40. The zero-order valence-electron chi connectivity index (χ0n) is 15.6. The van der Waals surface area contributed by atoms with Crippen molar-refractivity contribution in [1.29, 1.82) is 0 Å². The molecule has 6 nitrogen and oxygen atoms in total. The van der Waals surface area contributed by atoms with E-state index < -0.39 is 9.84 Å². The Hall–Kier alpha value is -2.93. The standard InChI is InChI=1S/C20H21N3O3S/c1-13-5-10-18(27(4,25)26)11-19(13)20(24)22-16-6-8-17(9-7-16)23-12-21-14(2)15(23)3/h5-12H,1-4H3,(H,22,24). The van der Waals surface area contributed by atoms with Crippen LogP contribution in [0.15, 0.2) is 53.7 Å². The van der Waals surface area contributed by atoms with E-state index in [1.807, 2.05) is 30.5 Å². The van der Waals surface area contributed by atoms with Crippen molar-refractivity contribution in [3.05, 3.63) is 71.3 Å². The van der Waals surface area contributed by atoms with Crippen LogP contribution in [-0.4, -0.2) is 30.1 Å². The van der Waals surface area contributed by atoms with Crippen LogP contribution in [0.3, 0.4) is 0 Å². The van der Waals surface area contributed by atoms with Gasteiger partial charge in [-0.25, -0.2) is 13.4 Å². The largest absolute Gasteiger partial charge is 0.322 e. The van der Waals surface area contributed by atoms with Crippen molar-refractivity contribution >= 4 is 21.4 Å². The number of amides is 1. The van der Waals surface area contributed by atoms with Gasteiger partial charge in [0, 0.05) is 28.9 Å². The summed E-state index contributed by atoms with van der Waals surface area (Å²) in [4.78, 5) is 17.0. The number of anilines is 1. The number of benzene rings is 2. The fourth-order valence-corrected chi connectivity index (χ4v) is 3.39. The lowest BCUT2D eigenvalue weighted by Gasteiger charge is -2.11. The molecule has 3 aromatic rings. The van der Waals surface area contributed by atoms with Gasteiger partial charge in [-0.1, -0.05) is 6.07 Å². The number of nitrogens with zero attached hydrogens (tertiary/aromatic N) is 2. The van der Waals surface area contributed by atoms with Crippen LogP contribution in [0.4, 0.5) is 5.69 Å². The van der Waals surface area contributed by atoms with E-state index in [0.29, 0.717) is 16.8 Å². The minimum Gasteiger partial charge on any atom is -0.322 e. The number of aryl methyl sites for hydroxylation is 2. The molecule has 0 saturated carbocycles. The van der Waals surface area contributed by atoms with E-state index in [9.17, 15) is 13.2 Å². The Morgan fingerprint density at radius 2 is 1.70 bits per heavy atom. The molecule has 1 amide bonds. The molecule has 1 heterocycles. The van der Waals surface area contributed by atoms with Crippen LogP contribution in [0.2, 0.25) is 0 Å². The molecular weight excluding hydrogens is 362 g/mol. The van der Waals surface area contributed by atoms with Gasteiger partial charge in [-0.2, -0.15) is 0 Å². The monoisotopic (exact) mass is 383 g/mol. The number of sulfone groups is 1. The summed E-state index contributed by atoms with van der Waals surface area (Å²) < 4.78 is 25.5. The SMILES string of the molecule is Cc1ccc(S(C)(=O)=O)cc1C(=O)Nc1ccc(-n2cnc(C)c2C)cc1. The Morgan fingerprint density at radius 3 is 2.26 bits per heavy atom. The third-order valence-corrected chi connectivity index (χ3v) is 5.65. The number of imidazole rings is 1. The predicted octanol–water partition coefficient (Wildman–Crippen LogP) is 3.45. The van der Waals surface area contributed by atoms with Crippen LogP contribution in [0.5, 0.6) is 0 Å². The Morgan fingerprint density at radius 1 is 1.04 bits per heavy atom. The highest BCUT2D eigenvalue weighted by Crippen LogP contribution is 2.20. The maximum atomic E-state index is 12.6. The van der Waals surface area contributed by atoms with Crippen LogP contribution < -0.4 is 5.32 Å². The zero-order valence-corrected chi connectivity index (χ0v) is 16.5. The molecular formula is C20H21N3O3S. The average Bonchev–Trinajstić information content (AvgIpc) is 2.94. The minimum atomic E-state index is -3.38. The molecule has 7 heteroatoms. The Labute approximate surface area is 158 Å². The molecule has 0 unspecified atom stereocenters. The summed E-state index contributed by atoms with van der Waals surface area (Å²) in [6.07, 6.45) is 2.89. The number of carbonyl (C=O) groups excluding carboxylic acids is 1. The van der Waals surface area contributed by atoms with Crippen molar-refractivity contribution < 1.29 is 13.2 Å². The van der Waals surface area contributed by atoms with E-state index >= 15 is 0 Å². The van der Waals surface area contributed by atoms with Crippen LogP contribution in [0.25, 0.3) is 5.69 Å². The third kappa shape index (κ3) is 3.93. The fourth-order valence-electron chi connectivity index (χ4n) is 2.74. The van der Waals surface area contributed by atoms with Gasteiger partial charge in [0.25, 0.3) is 5.91 Å². The molecule has 0 radical (unpaired) electrons. The summed E-state index contributed by atoms with van der Waals surface area (Å²) in [7, 11) is -3.38. The van der Waals surface area contributed by atoms with Crippen LogP contribution in [-0.2, 0) is 9.84 Å². The molecule has 1 N–H and O–H groups in total. The molecule has 3 rings (SSSR count). The van der Waals surface area contributed by atoms with Crippen molar-refractivity contribution in [3.63, 3.8) is 0 Å². The summed E-state index contributed by atoms with van der Waals surface area (Å²) in [5.74, 6) is -0.347. The molecule has 140 valence electrons. The van der Waals surface area contributed by atoms with Gasteiger partial charge in [-0.15, -0.1) is 0 Å². The number of rotatable bonds is 4. The van der Waals surface area contributed by atoms with Crippen molar-refractivity contribution in [2.24, 2.45) is 0 Å². The summed E-state index contributed by atoms with van der Waals surface area (Å²) in [5, 5.41) is 2.82. The number of carbonyl (C=O) groups is 1. The summed E-state index contributed by atoms with van der Waals surface area (Å²) in [6, 6.07) is 11.9. The molecule has 27 heavy (non-hydrogen) atoms. The van der Waals surface area contributed by atoms with Crippen molar-refractivity contribution in [3.8, 4) is 5.69 Å². The highest BCUT2D eigenvalue weighted by atomic mass is 32.2. The molecule has 0 aliphatic rings. The first-order chi connectivity index (χ1) is 12.7. The lowest BCUT2D eigenvalue weighted by Crippen LogP contribution is -2.14. The maximum absolute atomic E-state index is 12.6. The first-order valence-corrected chi connectivity index (χ1v) is 10.3. The van der Waals surface area contributed by atoms with Gasteiger partial charge in [-0.05, 0) is 62.7 Å². The summed E-state index contributed by atoms with van der Waals surface area (Å²) in [5.41, 5.74) is 4.64.